The largest absolute Gasteiger partial charge is 0.492 e. The van der Waals surface area contributed by atoms with Gasteiger partial charge in [0.05, 0.1) is 10.7 Å². The maximum Gasteiger partial charge on any atom is 0.201 e. The van der Waals surface area contributed by atoms with Crippen LogP contribution in [0.25, 0.3) is 0 Å². The van der Waals surface area contributed by atoms with Crippen molar-refractivity contribution in [1.29, 1.82) is 0 Å². The number of rotatable bonds is 1. The Balaban J connectivity index is 3.29. The first-order chi connectivity index (χ1) is 5.16. The number of hydrogen-bond donors (Lipinski definition) is 0. The summed E-state index contributed by atoms with van der Waals surface area (Å²) < 4.78 is 30.4. The minimum atomic E-state index is -0.931. The predicted molar refractivity (Wildman–Crippen MR) is 45.6 cm³/mol. The molecule has 0 bridgehead atoms. The van der Waals surface area contributed by atoms with Gasteiger partial charge in [-0.25, -0.2) is 4.39 Å². The van der Waals surface area contributed by atoms with Crippen LogP contribution in [0.1, 0.15) is 0 Å². The lowest BCUT2D eigenvalue weighted by atomic mass is 10.3. The molecule has 0 saturated heterocycles. The molecule has 0 unspecified atom stereocenters. The van der Waals surface area contributed by atoms with Crippen LogP contribution in [0.15, 0.2) is 12.1 Å². The van der Waals surface area contributed by atoms with Gasteiger partial charge in [-0.2, -0.15) is 4.39 Å². The Morgan fingerprint density at radius 1 is 1.36 bits per heavy atom. The van der Waals surface area contributed by atoms with Gasteiger partial charge < -0.3 is 4.74 Å². The second-order valence-electron chi connectivity index (χ2n) is 1.88. The summed E-state index contributed by atoms with van der Waals surface area (Å²) in [5.74, 6) is -1.85. The quantitative estimate of drug-likeness (QED) is 0.563. The molecule has 0 aliphatic rings. The first kappa shape index (κ1) is 8.70. The van der Waals surface area contributed by atoms with E-state index in [1.54, 1.807) is 0 Å². The van der Waals surface area contributed by atoms with Crippen molar-refractivity contribution >= 4 is 22.6 Å². The van der Waals surface area contributed by atoms with E-state index in [1.165, 1.54) is 13.2 Å². The number of ether oxygens (including phenoxy) is 1. The lowest BCUT2D eigenvalue weighted by Crippen LogP contribution is -1.94. The molecule has 0 radical (unpaired) electrons. The molecule has 0 aromatic heterocycles. The molecule has 0 aliphatic carbocycles. The molecule has 4 heteroatoms. The molecule has 0 spiro atoms. The molecule has 0 N–H and O–H groups in total. The number of benzene rings is 1. The smallest absolute Gasteiger partial charge is 0.201 e. The standard InChI is InChI=1S/C7H5F2IO/c1-11-7-5(10)3-2-4(8)6(7)9/h2-3H,1H3. The molecule has 0 amide bonds. The maximum absolute atomic E-state index is 12.8. The number of halogens is 3. The van der Waals surface area contributed by atoms with Crippen LogP contribution in [0.4, 0.5) is 8.78 Å². The summed E-state index contributed by atoms with van der Waals surface area (Å²) in [5.41, 5.74) is 0. The van der Waals surface area contributed by atoms with Gasteiger partial charge in [-0.15, -0.1) is 0 Å². The Hall–Kier alpha value is -0.390. The van der Waals surface area contributed by atoms with Crippen LogP contribution in [0.5, 0.6) is 5.75 Å². The molecule has 1 aromatic rings. The minimum Gasteiger partial charge on any atom is -0.492 e. The minimum absolute atomic E-state index is 0.0365. The van der Waals surface area contributed by atoms with Crippen LogP contribution < -0.4 is 4.74 Å². The van der Waals surface area contributed by atoms with Crippen LogP contribution in [0, 0.1) is 15.2 Å². The molecular weight excluding hydrogens is 265 g/mol. The van der Waals surface area contributed by atoms with E-state index in [0.29, 0.717) is 3.57 Å². The highest BCUT2D eigenvalue weighted by molar-refractivity contribution is 14.1. The van der Waals surface area contributed by atoms with Crippen LogP contribution in [-0.4, -0.2) is 7.11 Å². The molecule has 1 rings (SSSR count). The molecule has 0 aliphatic heterocycles. The van der Waals surface area contributed by atoms with Crippen molar-refractivity contribution in [3.63, 3.8) is 0 Å². The summed E-state index contributed by atoms with van der Waals surface area (Å²) in [7, 11) is 1.31. The molecule has 1 nitrogen and oxygen atoms in total. The third kappa shape index (κ3) is 1.61. The number of methoxy groups -OCH3 is 1. The maximum atomic E-state index is 12.8. The first-order valence-corrected chi connectivity index (χ1v) is 3.92. The number of hydrogen-bond acceptors (Lipinski definition) is 1. The van der Waals surface area contributed by atoms with E-state index in [9.17, 15) is 8.78 Å². The van der Waals surface area contributed by atoms with Crippen molar-refractivity contribution in [1.82, 2.24) is 0 Å². The summed E-state index contributed by atoms with van der Waals surface area (Å²) in [6.45, 7) is 0. The third-order valence-electron chi connectivity index (χ3n) is 1.21. The fraction of sp³-hybridized carbons (Fsp3) is 0.143. The second kappa shape index (κ2) is 3.34. The molecule has 60 valence electrons. The van der Waals surface area contributed by atoms with Gasteiger partial charge in [0.1, 0.15) is 0 Å². The van der Waals surface area contributed by atoms with Crippen LogP contribution >= 0.6 is 22.6 Å². The molecule has 1 aromatic carbocycles. The van der Waals surface area contributed by atoms with E-state index in [1.807, 2.05) is 22.6 Å². The van der Waals surface area contributed by atoms with Crippen molar-refractivity contribution in [2.24, 2.45) is 0 Å². The van der Waals surface area contributed by atoms with Gasteiger partial charge in [-0.3, -0.25) is 0 Å². The molecule has 11 heavy (non-hydrogen) atoms. The molecular formula is C7H5F2IO. The van der Waals surface area contributed by atoms with E-state index in [4.69, 9.17) is 0 Å². The average molecular weight is 270 g/mol. The van der Waals surface area contributed by atoms with E-state index in [2.05, 4.69) is 4.74 Å². The lowest BCUT2D eigenvalue weighted by Gasteiger charge is -2.03. The Morgan fingerprint density at radius 3 is 2.45 bits per heavy atom. The van der Waals surface area contributed by atoms with Gasteiger partial charge in [-0.05, 0) is 34.7 Å². The summed E-state index contributed by atoms with van der Waals surface area (Å²) in [5, 5.41) is 0. The average Bonchev–Trinajstić information content (AvgIpc) is 1.99. The van der Waals surface area contributed by atoms with Crippen molar-refractivity contribution < 1.29 is 13.5 Å². The fourth-order valence-corrected chi connectivity index (χ4v) is 1.33. The van der Waals surface area contributed by atoms with Crippen molar-refractivity contribution in [2.75, 3.05) is 7.11 Å². The van der Waals surface area contributed by atoms with Gasteiger partial charge in [0.25, 0.3) is 0 Å². The Morgan fingerprint density at radius 2 is 2.00 bits per heavy atom. The zero-order valence-corrected chi connectivity index (χ0v) is 7.85. The summed E-state index contributed by atoms with van der Waals surface area (Å²) in [6, 6.07) is 2.53. The van der Waals surface area contributed by atoms with Crippen molar-refractivity contribution in [3.05, 3.63) is 27.3 Å². The molecule has 0 fully saturated rings. The van der Waals surface area contributed by atoms with Crippen LogP contribution in [0.2, 0.25) is 0 Å². The highest BCUT2D eigenvalue weighted by Crippen LogP contribution is 2.25. The SMILES string of the molecule is COc1c(I)ccc(F)c1F. The third-order valence-corrected chi connectivity index (χ3v) is 2.06. The van der Waals surface area contributed by atoms with E-state index in [0.717, 1.165) is 6.07 Å². The molecule has 0 atom stereocenters. The van der Waals surface area contributed by atoms with Gasteiger partial charge in [0.2, 0.25) is 5.82 Å². The summed E-state index contributed by atoms with van der Waals surface area (Å²) in [4.78, 5) is 0. The highest BCUT2D eigenvalue weighted by Gasteiger charge is 2.11. The molecule has 0 saturated carbocycles. The van der Waals surface area contributed by atoms with Gasteiger partial charge in [0.15, 0.2) is 11.6 Å². The Bertz CT molecular complexity index is 275. The van der Waals surface area contributed by atoms with Crippen LogP contribution in [0.3, 0.4) is 0 Å². The van der Waals surface area contributed by atoms with Crippen LogP contribution in [-0.2, 0) is 0 Å². The second-order valence-corrected chi connectivity index (χ2v) is 3.04. The summed E-state index contributed by atoms with van der Waals surface area (Å²) >= 11 is 1.87. The van der Waals surface area contributed by atoms with Gasteiger partial charge >= 0.3 is 0 Å². The zero-order chi connectivity index (χ0) is 8.43. The highest BCUT2D eigenvalue weighted by atomic mass is 127. The van der Waals surface area contributed by atoms with E-state index >= 15 is 0 Å². The van der Waals surface area contributed by atoms with Gasteiger partial charge in [-0.1, -0.05) is 0 Å². The lowest BCUT2D eigenvalue weighted by molar-refractivity contribution is 0.369. The van der Waals surface area contributed by atoms with Gasteiger partial charge in [0, 0.05) is 0 Å². The summed E-state index contributed by atoms with van der Waals surface area (Å²) in [6.07, 6.45) is 0. The predicted octanol–water partition coefficient (Wildman–Crippen LogP) is 2.58. The van der Waals surface area contributed by atoms with E-state index < -0.39 is 11.6 Å². The molecule has 0 heterocycles. The Kier molecular flexibility index (Phi) is 2.64. The Labute approximate surface area is 76.5 Å². The fourth-order valence-electron chi connectivity index (χ4n) is 0.696. The first-order valence-electron chi connectivity index (χ1n) is 2.84. The topological polar surface area (TPSA) is 9.23 Å². The van der Waals surface area contributed by atoms with E-state index in [-0.39, 0.29) is 5.75 Å². The van der Waals surface area contributed by atoms with Crippen molar-refractivity contribution in [3.8, 4) is 5.75 Å². The monoisotopic (exact) mass is 270 g/mol. The zero-order valence-electron chi connectivity index (χ0n) is 5.70. The normalized spacial score (nSPS) is 9.82. The van der Waals surface area contributed by atoms with Crippen molar-refractivity contribution in [2.45, 2.75) is 0 Å².